The summed E-state index contributed by atoms with van der Waals surface area (Å²) in [4.78, 5) is 4.61. The molecule has 1 aliphatic carbocycles. The molecular formula is C7H8FNO2S2. The highest BCUT2D eigenvalue weighted by Gasteiger charge is 2.29. The third kappa shape index (κ3) is 2.25. The summed E-state index contributed by atoms with van der Waals surface area (Å²) < 4.78 is 33.2. The Hall–Kier alpha value is -0.490. The van der Waals surface area contributed by atoms with Crippen LogP contribution < -0.4 is 0 Å². The molecule has 72 valence electrons. The minimum absolute atomic E-state index is 0.378. The monoisotopic (exact) mass is 221 g/mol. The molecule has 0 aromatic carbocycles. The van der Waals surface area contributed by atoms with Crippen LogP contribution in [0.3, 0.4) is 0 Å². The Morgan fingerprint density at radius 3 is 2.85 bits per heavy atom. The Labute approximate surface area is 79.8 Å². The van der Waals surface area contributed by atoms with Crippen LogP contribution >= 0.6 is 11.3 Å². The summed E-state index contributed by atoms with van der Waals surface area (Å²) in [6, 6.07) is 0. The van der Waals surface area contributed by atoms with Crippen molar-refractivity contribution in [3.8, 4) is 0 Å². The highest BCUT2D eigenvalue weighted by Crippen LogP contribution is 2.42. The molecule has 0 aliphatic heterocycles. The third-order valence-electron chi connectivity index (χ3n) is 1.94. The fourth-order valence-electron chi connectivity index (χ4n) is 1.23. The summed E-state index contributed by atoms with van der Waals surface area (Å²) in [6.45, 7) is 0. The molecule has 1 aromatic heterocycles. The minimum Gasteiger partial charge on any atom is -0.249 e. The maximum Gasteiger partial charge on any atom is 0.307 e. The zero-order chi connectivity index (χ0) is 9.47. The molecule has 0 saturated heterocycles. The lowest BCUT2D eigenvalue weighted by Gasteiger charge is -1.95. The van der Waals surface area contributed by atoms with E-state index in [0.717, 1.165) is 18.5 Å². The second kappa shape index (κ2) is 3.02. The van der Waals surface area contributed by atoms with Crippen molar-refractivity contribution in [1.82, 2.24) is 4.98 Å². The Morgan fingerprint density at radius 1 is 1.62 bits per heavy atom. The molecule has 1 aromatic rings. The molecule has 3 nitrogen and oxygen atoms in total. The number of hydrogen-bond donors (Lipinski definition) is 0. The van der Waals surface area contributed by atoms with Gasteiger partial charge in [0.25, 0.3) is 0 Å². The molecule has 2 rings (SSSR count). The zero-order valence-corrected chi connectivity index (χ0v) is 8.37. The van der Waals surface area contributed by atoms with Crippen molar-refractivity contribution in [2.24, 2.45) is 0 Å². The Balaban J connectivity index is 2.24. The number of aromatic nitrogens is 1. The highest BCUT2D eigenvalue weighted by molar-refractivity contribution is 7.85. The first-order valence-corrected chi connectivity index (χ1v) is 6.34. The Morgan fingerprint density at radius 2 is 2.31 bits per heavy atom. The van der Waals surface area contributed by atoms with E-state index in [1.807, 2.05) is 0 Å². The van der Waals surface area contributed by atoms with Gasteiger partial charge in [0.15, 0.2) is 0 Å². The molecule has 0 unspecified atom stereocenters. The molecule has 13 heavy (non-hydrogen) atoms. The Kier molecular flexibility index (Phi) is 2.11. The van der Waals surface area contributed by atoms with Crippen molar-refractivity contribution in [3.63, 3.8) is 0 Å². The smallest absolute Gasteiger partial charge is 0.249 e. The molecule has 1 aliphatic rings. The van der Waals surface area contributed by atoms with E-state index in [4.69, 9.17) is 0 Å². The first kappa shape index (κ1) is 9.08. The van der Waals surface area contributed by atoms with Crippen molar-refractivity contribution in [2.75, 3.05) is 0 Å². The van der Waals surface area contributed by atoms with Gasteiger partial charge in [-0.3, -0.25) is 0 Å². The van der Waals surface area contributed by atoms with Gasteiger partial charge in [-0.05, 0) is 12.8 Å². The van der Waals surface area contributed by atoms with E-state index in [2.05, 4.69) is 4.98 Å². The molecule has 0 atom stereocenters. The summed E-state index contributed by atoms with van der Waals surface area (Å²) in [5.74, 6) is -0.133. The van der Waals surface area contributed by atoms with Gasteiger partial charge in [-0.2, -0.15) is 8.42 Å². The van der Waals surface area contributed by atoms with Crippen LogP contribution in [0.15, 0.2) is 5.51 Å². The predicted molar refractivity (Wildman–Crippen MR) is 47.8 cm³/mol. The molecule has 1 heterocycles. The van der Waals surface area contributed by atoms with Crippen molar-refractivity contribution in [2.45, 2.75) is 24.5 Å². The van der Waals surface area contributed by atoms with E-state index >= 15 is 0 Å². The largest absolute Gasteiger partial charge is 0.307 e. The van der Waals surface area contributed by atoms with Gasteiger partial charge in [0.05, 0.1) is 11.2 Å². The van der Waals surface area contributed by atoms with E-state index in [1.54, 1.807) is 5.51 Å². The van der Waals surface area contributed by atoms with Crippen LogP contribution in [0.4, 0.5) is 3.89 Å². The van der Waals surface area contributed by atoms with Gasteiger partial charge in [0.1, 0.15) is 5.75 Å². The number of nitrogens with zero attached hydrogens (tertiary/aromatic N) is 1. The van der Waals surface area contributed by atoms with E-state index in [1.165, 1.54) is 11.3 Å². The van der Waals surface area contributed by atoms with E-state index in [0.29, 0.717) is 10.8 Å². The molecule has 1 fully saturated rings. The number of hydrogen-bond acceptors (Lipinski definition) is 4. The van der Waals surface area contributed by atoms with Crippen LogP contribution in [-0.4, -0.2) is 13.4 Å². The molecule has 1 saturated carbocycles. The number of thiazole rings is 1. The van der Waals surface area contributed by atoms with Crippen molar-refractivity contribution >= 4 is 21.6 Å². The molecule has 0 bridgehead atoms. The standard InChI is InChI=1S/C7H8FNO2S2/c8-13(10,11)3-6-7(5-1-2-5)9-4-12-6/h4-5H,1-3H2. The summed E-state index contributed by atoms with van der Waals surface area (Å²) >= 11 is 1.21. The second-order valence-electron chi connectivity index (χ2n) is 3.12. The summed E-state index contributed by atoms with van der Waals surface area (Å²) in [7, 11) is -4.40. The van der Waals surface area contributed by atoms with Crippen molar-refractivity contribution in [3.05, 3.63) is 16.1 Å². The maximum atomic E-state index is 12.4. The first-order chi connectivity index (χ1) is 6.06. The minimum atomic E-state index is -4.40. The van der Waals surface area contributed by atoms with Gasteiger partial charge in [-0.1, -0.05) is 0 Å². The fraction of sp³-hybridized carbons (Fsp3) is 0.571. The van der Waals surface area contributed by atoms with Crippen LogP contribution in [0.2, 0.25) is 0 Å². The predicted octanol–water partition coefficient (Wildman–Crippen LogP) is 1.82. The van der Waals surface area contributed by atoms with Gasteiger partial charge >= 0.3 is 10.2 Å². The SMILES string of the molecule is O=S(=O)(F)Cc1scnc1C1CC1. The molecular weight excluding hydrogens is 213 g/mol. The van der Waals surface area contributed by atoms with Crippen LogP contribution in [0.25, 0.3) is 0 Å². The Bertz CT molecular complexity index is 408. The molecule has 0 amide bonds. The van der Waals surface area contributed by atoms with E-state index in [-0.39, 0.29) is 0 Å². The zero-order valence-electron chi connectivity index (χ0n) is 6.73. The molecule has 0 spiro atoms. The van der Waals surface area contributed by atoms with Crippen LogP contribution in [-0.2, 0) is 16.0 Å². The average molecular weight is 221 g/mol. The van der Waals surface area contributed by atoms with Crippen LogP contribution in [0.1, 0.15) is 29.3 Å². The summed E-state index contributed by atoms with van der Waals surface area (Å²) in [5.41, 5.74) is 2.36. The van der Waals surface area contributed by atoms with Gasteiger partial charge in [-0.25, -0.2) is 4.98 Å². The van der Waals surface area contributed by atoms with E-state index < -0.39 is 16.0 Å². The molecule has 0 N–H and O–H groups in total. The summed E-state index contributed by atoms with van der Waals surface area (Å²) in [5, 5.41) is 0. The molecule has 0 radical (unpaired) electrons. The summed E-state index contributed by atoms with van der Waals surface area (Å²) in [6.07, 6.45) is 2.09. The number of rotatable bonds is 3. The van der Waals surface area contributed by atoms with E-state index in [9.17, 15) is 12.3 Å². The second-order valence-corrected chi connectivity index (χ2v) is 5.42. The first-order valence-electron chi connectivity index (χ1n) is 3.91. The van der Waals surface area contributed by atoms with Crippen molar-refractivity contribution < 1.29 is 12.3 Å². The van der Waals surface area contributed by atoms with Crippen molar-refractivity contribution in [1.29, 1.82) is 0 Å². The normalized spacial score (nSPS) is 17.6. The third-order valence-corrected chi connectivity index (χ3v) is 3.61. The lowest BCUT2D eigenvalue weighted by Crippen LogP contribution is -1.97. The average Bonchev–Trinajstić information content (AvgIpc) is 2.72. The quantitative estimate of drug-likeness (QED) is 0.731. The molecule has 6 heteroatoms. The van der Waals surface area contributed by atoms with Gasteiger partial charge < -0.3 is 0 Å². The fourth-order valence-corrected chi connectivity index (χ4v) is 3.02. The maximum absolute atomic E-state index is 12.4. The van der Waals surface area contributed by atoms with Gasteiger partial charge in [-0.15, -0.1) is 15.2 Å². The van der Waals surface area contributed by atoms with Gasteiger partial charge in [0, 0.05) is 10.8 Å². The topological polar surface area (TPSA) is 47.0 Å². The number of halogens is 1. The van der Waals surface area contributed by atoms with Crippen LogP contribution in [0, 0.1) is 0 Å². The lowest BCUT2D eigenvalue weighted by molar-refractivity contribution is 0.551. The van der Waals surface area contributed by atoms with Gasteiger partial charge in [0.2, 0.25) is 0 Å². The lowest BCUT2D eigenvalue weighted by atomic mass is 10.3. The highest BCUT2D eigenvalue weighted by atomic mass is 32.3. The van der Waals surface area contributed by atoms with Crippen LogP contribution in [0.5, 0.6) is 0 Å².